The lowest BCUT2D eigenvalue weighted by atomic mass is 9.77. The number of hydrogen-bond acceptors (Lipinski definition) is 5. The number of benzene rings is 4. The monoisotopic (exact) mass is 515 g/mol. The second kappa shape index (κ2) is 15.2. The summed E-state index contributed by atoms with van der Waals surface area (Å²) in [6.07, 6.45) is 0. The Morgan fingerprint density at radius 3 is 1.53 bits per heavy atom. The average molecular weight is 516 g/mol. The van der Waals surface area contributed by atoms with Gasteiger partial charge < -0.3 is 5.73 Å². The summed E-state index contributed by atoms with van der Waals surface area (Å²) < 4.78 is 0. The number of hydrogen-bond donors (Lipinski definition) is 3. The van der Waals surface area contributed by atoms with Crippen LogP contribution in [0.5, 0.6) is 0 Å². The normalized spacial score (nSPS) is 10.7. The zero-order valence-electron chi connectivity index (χ0n) is 20.5. The van der Waals surface area contributed by atoms with E-state index >= 15 is 0 Å². The molecule has 0 bridgehead atoms. The summed E-state index contributed by atoms with van der Waals surface area (Å²) in [4.78, 5) is 14.1. The van der Waals surface area contributed by atoms with E-state index in [2.05, 4.69) is 65.1 Å². The third-order valence-electron chi connectivity index (χ3n) is 5.48. The predicted molar refractivity (Wildman–Crippen MR) is 155 cm³/mol. The van der Waals surface area contributed by atoms with E-state index in [1.807, 2.05) is 84.6 Å². The Kier molecular flexibility index (Phi) is 11.6. The first-order chi connectivity index (χ1) is 17.8. The Morgan fingerprint density at radius 2 is 1.08 bits per heavy atom. The van der Waals surface area contributed by atoms with E-state index in [1.165, 1.54) is 11.9 Å². The number of rotatable bonds is 11. The fraction of sp³-hybridized carbons (Fsp3) is 0.167. The van der Waals surface area contributed by atoms with Gasteiger partial charge in [-0.15, -0.1) is 11.8 Å². The minimum absolute atomic E-state index is 0.0399. The molecule has 6 heteroatoms. The van der Waals surface area contributed by atoms with Gasteiger partial charge in [0.1, 0.15) is 5.54 Å². The Hall–Kier alpha value is -3.03. The van der Waals surface area contributed by atoms with E-state index in [0.29, 0.717) is 5.75 Å². The van der Waals surface area contributed by atoms with Gasteiger partial charge in [0.05, 0.1) is 5.75 Å². The van der Waals surface area contributed by atoms with Gasteiger partial charge in [-0.2, -0.15) is 11.8 Å². The van der Waals surface area contributed by atoms with Crippen molar-refractivity contribution < 1.29 is 4.79 Å². The Morgan fingerprint density at radius 1 is 0.667 bits per heavy atom. The van der Waals surface area contributed by atoms with Gasteiger partial charge in [-0.05, 0) is 35.9 Å². The lowest BCUT2D eigenvalue weighted by Crippen LogP contribution is -2.54. The zero-order valence-corrected chi connectivity index (χ0v) is 22.1. The number of nitrogens with two attached hydrogens (primary N) is 1. The second-order valence-electron chi connectivity index (χ2n) is 7.74. The molecule has 0 saturated heterocycles. The van der Waals surface area contributed by atoms with E-state index in [9.17, 15) is 4.79 Å². The van der Waals surface area contributed by atoms with Crippen molar-refractivity contribution in [1.82, 2.24) is 10.9 Å². The molecule has 1 amide bonds. The molecule has 36 heavy (non-hydrogen) atoms. The van der Waals surface area contributed by atoms with E-state index in [1.54, 1.807) is 11.8 Å². The molecule has 4 aromatic rings. The van der Waals surface area contributed by atoms with Crippen LogP contribution < -0.4 is 16.6 Å². The molecule has 0 saturated carbocycles. The first-order valence-electron chi connectivity index (χ1n) is 11.8. The number of thioether (sulfide) groups is 2. The topological polar surface area (TPSA) is 67.2 Å². The highest BCUT2D eigenvalue weighted by Gasteiger charge is 2.36. The SMILES string of the molecule is CN.O=C(CSCCSc1ccccc1)NNC(c1ccccc1)(c1ccccc1)c1ccccc1. The number of carbonyl (C=O) groups is 1. The third kappa shape index (κ3) is 7.48. The summed E-state index contributed by atoms with van der Waals surface area (Å²) in [6.45, 7) is 0. The molecule has 0 aliphatic rings. The smallest absolute Gasteiger partial charge is 0.244 e. The van der Waals surface area contributed by atoms with Crippen LogP contribution in [0.2, 0.25) is 0 Å². The van der Waals surface area contributed by atoms with Crippen molar-refractivity contribution >= 4 is 29.4 Å². The van der Waals surface area contributed by atoms with Crippen LogP contribution in [0.3, 0.4) is 0 Å². The summed E-state index contributed by atoms with van der Waals surface area (Å²) in [6, 6.07) is 41.1. The van der Waals surface area contributed by atoms with Gasteiger partial charge in [-0.1, -0.05) is 109 Å². The highest BCUT2D eigenvalue weighted by atomic mass is 32.2. The molecule has 0 spiro atoms. The quantitative estimate of drug-likeness (QED) is 0.103. The van der Waals surface area contributed by atoms with Gasteiger partial charge in [0.25, 0.3) is 0 Å². The van der Waals surface area contributed by atoms with Crippen LogP contribution in [-0.4, -0.2) is 30.2 Å². The molecule has 4 aromatic carbocycles. The summed E-state index contributed by atoms with van der Waals surface area (Å²) >= 11 is 3.46. The molecular formula is C30H33N3OS2. The number of nitrogens with one attached hydrogen (secondary N) is 2. The van der Waals surface area contributed by atoms with Crippen LogP contribution in [0.1, 0.15) is 16.7 Å². The fourth-order valence-electron chi connectivity index (χ4n) is 3.88. The first kappa shape index (κ1) is 27.6. The van der Waals surface area contributed by atoms with Crippen LogP contribution >= 0.6 is 23.5 Å². The maximum Gasteiger partial charge on any atom is 0.244 e. The van der Waals surface area contributed by atoms with Crippen molar-refractivity contribution in [3.8, 4) is 0 Å². The molecule has 0 fully saturated rings. The maximum absolute atomic E-state index is 12.8. The third-order valence-corrected chi connectivity index (χ3v) is 7.71. The Labute approximate surface area is 223 Å². The van der Waals surface area contributed by atoms with Gasteiger partial charge in [0.15, 0.2) is 0 Å². The number of hydrazine groups is 1. The minimum atomic E-state index is -0.715. The van der Waals surface area contributed by atoms with Crippen LogP contribution in [-0.2, 0) is 10.3 Å². The highest BCUT2D eigenvalue weighted by molar-refractivity contribution is 8.03. The predicted octanol–water partition coefficient (Wildman–Crippen LogP) is 5.70. The van der Waals surface area contributed by atoms with Crippen LogP contribution in [0.4, 0.5) is 0 Å². The Balaban J connectivity index is 0.00000176. The first-order valence-corrected chi connectivity index (χ1v) is 14.0. The van der Waals surface area contributed by atoms with E-state index < -0.39 is 5.54 Å². The summed E-state index contributed by atoms with van der Waals surface area (Å²) in [7, 11) is 1.50. The van der Waals surface area contributed by atoms with Crippen LogP contribution in [0, 0.1) is 0 Å². The van der Waals surface area contributed by atoms with Crippen molar-refractivity contribution in [2.24, 2.45) is 5.73 Å². The Bertz CT molecular complexity index is 1050. The molecule has 0 aromatic heterocycles. The minimum Gasteiger partial charge on any atom is -0.333 e. The van der Waals surface area contributed by atoms with Crippen molar-refractivity contribution in [3.05, 3.63) is 138 Å². The van der Waals surface area contributed by atoms with Gasteiger partial charge in [-0.25, -0.2) is 5.43 Å². The molecule has 4 rings (SSSR count). The molecule has 0 radical (unpaired) electrons. The van der Waals surface area contributed by atoms with Gasteiger partial charge in [0.2, 0.25) is 5.91 Å². The lowest BCUT2D eigenvalue weighted by Gasteiger charge is -2.37. The number of carbonyl (C=O) groups excluding carboxylic acids is 1. The summed E-state index contributed by atoms with van der Waals surface area (Å²) in [5.74, 6) is 2.24. The standard InChI is InChI=1S/C29H28N2OS2.CH5N/c32-28(23-33-21-22-34-27-19-11-4-12-20-27)30-31-29(24-13-5-1-6-14-24,25-15-7-2-8-16-25)26-17-9-3-10-18-26;1-2/h1-20,31H,21-23H2,(H,30,32);2H2,1H3. The van der Waals surface area contributed by atoms with Crippen molar-refractivity contribution in [1.29, 1.82) is 0 Å². The van der Waals surface area contributed by atoms with Crippen molar-refractivity contribution in [3.63, 3.8) is 0 Å². The fourth-order valence-corrected chi connectivity index (χ4v) is 5.67. The molecule has 186 valence electrons. The zero-order chi connectivity index (χ0) is 25.5. The maximum atomic E-state index is 12.8. The van der Waals surface area contributed by atoms with E-state index in [-0.39, 0.29) is 5.91 Å². The molecule has 0 unspecified atom stereocenters. The molecule has 4 nitrogen and oxygen atoms in total. The molecule has 0 aliphatic heterocycles. The van der Waals surface area contributed by atoms with Gasteiger partial charge in [-0.3, -0.25) is 10.2 Å². The number of amides is 1. The van der Waals surface area contributed by atoms with Gasteiger partial charge >= 0.3 is 0 Å². The molecule has 0 atom stereocenters. The van der Waals surface area contributed by atoms with Crippen LogP contribution in [0.15, 0.2) is 126 Å². The van der Waals surface area contributed by atoms with E-state index in [4.69, 9.17) is 0 Å². The van der Waals surface area contributed by atoms with Crippen molar-refractivity contribution in [2.75, 3.05) is 24.3 Å². The highest BCUT2D eigenvalue weighted by Crippen LogP contribution is 2.36. The van der Waals surface area contributed by atoms with Crippen molar-refractivity contribution in [2.45, 2.75) is 10.4 Å². The summed E-state index contributed by atoms with van der Waals surface area (Å²) in [5, 5.41) is 0. The average Bonchev–Trinajstić information content (AvgIpc) is 2.96. The molecule has 0 aliphatic carbocycles. The largest absolute Gasteiger partial charge is 0.333 e. The van der Waals surface area contributed by atoms with E-state index in [0.717, 1.165) is 28.2 Å². The van der Waals surface area contributed by atoms with Crippen LogP contribution in [0.25, 0.3) is 0 Å². The molecule has 0 heterocycles. The lowest BCUT2D eigenvalue weighted by molar-refractivity contribution is -0.119. The molecular weight excluding hydrogens is 482 g/mol. The van der Waals surface area contributed by atoms with Gasteiger partial charge in [0, 0.05) is 16.4 Å². The molecule has 4 N–H and O–H groups in total. The second-order valence-corrected chi connectivity index (χ2v) is 10.0. The summed E-state index contributed by atoms with van der Waals surface area (Å²) in [5.41, 5.74) is 13.4.